The fraction of sp³-hybridized carbons (Fsp3) is 0.111. The van der Waals surface area contributed by atoms with Gasteiger partial charge in [-0.15, -0.1) is 0 Å². The van der Waals surface area contributed by atoms with Gasteiger partial charge >= 0.3 is 5.97 Å². The minimum absolute atomic E-state index is 0.142. The Hall–Kier alpha value is -2.51. The lowest BCUT2D eigenvalue weighted by molar-refractivity contribution is -0.385. The van der Waals surface area contributed by atoms with Crippen LogP contribution in [0.25, 0.3) is 0 Å². The number of nitro groups is 1. The van der Waals surface area contributed by atoms with Crippen LogP contribution in [0.1, 0.15) is 6.92 Å². The van der Waals surface area contributed by atoms with Gasteiger partial charge in [0.25, 0.3) is 5.69 Å². The van der Waals surface area contributed by atoms with Crippen molar-refractivity contribution >= 4 is 23.1 Å². The summed E-state index contributed by atoms with van der Waals surface area (Å²) in [6, 6.07) is 2.90. The first-order valence-corrected chi connectivity index (χ1v) is 4.39. The molecule has 0 radical (unpaired) electrons. The zero-order chi connectivity index (χ0) is 13.0. The molecule has 2 N–H and O–H groups in total. The van der Waals surface area contributed by atoms with Crippen molar-refractivity contribution < 1.29 is 19.2 Å². The smallest absolute Gasteiger partial charge is 0.351 e. The largest absolute Gasteiger partial charge is 0.477 e. The number of nitrogens with one attached hydrogen (secondary N) is 1. The average Bonchev–Trinajstić information content (AvgIpc) is 2.26. The number of carbonyl (C=O) groups is 1. The van der Waals surface area contributed by atoms with Crippen molar-refractivity contribution in [2.75, 3.05) is 5.43 Å². The molecular formula is C9H8FN3O4. The summed E-state index contributed by atoms with van der Waals surface area (Å²) in [7, 11) is 0. The average molecular weight is 241 g/mol. The lowest BCUT2D eigenvalue weighted by Gasteiger charge is -2.02. The van der Waals surface area contributed by atoms with Gasteiger partial charge in [0.1, 0.15) is 5.71 Å². The predicted octanol–water partition coefficient (Wildman–Crippen LogP) is 1.61. The highest BCUT2D eigenvalue weighted by molar-refractivity contribution is 6.34. The molecule has 0 aliphatic carbocycles. The van der Waals surface area contributed by atoms with E-state index in [9.17, 15) is 19.3 Å². The summed E-state index contributed by atoms with van der Waals surface area (Å²) in [5.41, 5.74) is 1.37. The number of halogens is 1. The standard InChI is InChI=1S/C9H8FN3O4/c1-5(9(14)15)11-12-8-3-2-6(13(16)17)4-7(8)10/h2-4,12H,1H3,(H,14,15)/b11-5+. The van der Waals surface area contributed by atoms with Crippen molar-refractivity contribution in [3.8, 4) is 0 Å². The van der Waals surface area contributed by atoms with E-state index in [-0.39, 0.29) is 11.4 Å². The second-order valence-electron chi connectivity index (χ2n) is 3.04. The normalized spacial score (nSPS) is 11.1. The molecule has 0 aliphatic rings. The Bertz CT molecular complexity index is 501. The first kappa shape index (κ1) is 12.6. The van der Waals surface area contributed by atoms with Gasteiger partial charge in [-0.25, -0.2) is 9.18 Å². The van der Waals surface area contributed by atoms with Crippen LogP contribution in [-0.4, -0.2) is 21.7 Å². The number of hydrogen-bond donors (Lipinski definition) is 2. The molecule has 0 fully saturated rings. The third-order valence-electron chi connectivity index (χ3n) is 1.82. The molecule has 17 heavy (non-hydrogen) atoms. The van der Waals surface area contributed by atoms with Crippen LogP contribution in [0.5, 0.6) is 0 Å². The van der Waals surface area contributed by atoms with Crippen molar-refractivity contribution in [3.63, 3.8) is 0 Å². The fourth-order valence-corrected chi connectivity index (χ4v) is 0.900. The number of carboxylic acids is 1. The Morgan fingerprint density at radius 3 is 2.71 bits per heavy atom. The van der Waals surface area contributed by atoms with E-state index in [0.717, 1.165) is 12.1 Å². The molecule has 0 saturated carbocycles. The van der Waals surface area contributed by atoms with Crippen LogP contribution in [0, 0.1) is 15.9 Å². The second kappa shape index (κ2) is 5.01. The minimum atomic E-state index is -1.25. The Morgan fingerprint density at radius 1 is 1.59 bits per heavy atom. The maximum Gasteiger partial charge on any atom is 0.351 e. The second-order valence-corrected chi connectivity index (χ2v) is 3.04. The molecule has 0 aromatic heterocycles. The van der Waals surface area contributed by atoms with E-state index in [1.165, 1.54) is 6.92 Å². The third kappa shape index (κ3) is 3.23. The molecule has 0 aliphatic heterocycles. The van der Waals surface area contributed by atoms with E-state index in [2.05, 4.69) is 10.5 Å². The van der Waals surface area contributed by atoms with Crippen LogP contribution in [-0.2, 0) is 4.79 Å². The molecule has 1 aromatic carbocycles. The van der Waals surface area contributed by atoms with Gasteiger partial charge in [0.15, 0.2) is 5.82 Å². The molecule has 7 nitrogen and oxygen atoms in total. The minimum Gasteiger partial charge on any atom is -0.477 e. The first-order valence-electron chi connectivity index (χ1n) is 4.39. The molecule has 0 saturated heterocycles. The Balaban J connectivity index is 2.91. The zero-order valence-electron chi connectivity index (χ0n) is 8.68. The van der Waals surface area contributed by atoms with Gasteiger partial charge in [0.2, 0.25) is 0 Å². The summed E-state index contributed by atoms with van der Waals surface area (Å²) in [5.74, 6) is -2.14. The summed E-state index contributed by atoms with van der Waals surface area (Å²) >= 11 is 0. The van der Waals surface area contributed by atoms with Gasteiger partial charge in [-0.05, 0) is 13.0 Å². The van der Waals surface area contributed by atoms with Crippen molar-refractivity contribution in [1.82, 2.24) is 0 Å². The van der Waals surface area contributed by atoms with Crippen molar-refractivity contribution in [1.29, 1.82) is 0 Å². The topological polar surface area (TPSA) is 105 Å². The molecular weight excluding hydrogens is 233 g/mol. The highest BCUT2D eigenvalue weighted by Crippen LogP contribution is 2.20. The molecule has 0 bridgehead atoms. The van der Waals surface area contributed by atoms with Crippen molar-refractivity contribution in [2.24, 2.45) is 5.10 Å². The Labute approximate surface area is 94.7 Å². The van der Waals surface area contributed by atoms with Gasteiger partial charge < -0.3 is 5.11 Å². The number of nitro benzene ring substituents is 1. The highest BCUT2D eigenvalue weighted by atomic mass is 19.1. The van der Waals surface area contributed by atoms with Gasteiger partial charge in [-0.3, -0.25) is 15.5 Å². The van der Waals surface area contributed by atoms with Crippen molar-refractivity contribution in [3.05, 3.63) is 34.1 Å². The van der Waals surface area contributed by atoms with Crippen LogP contribution in [0.15, 0.2) is 23.3 Å². The van der Waals surface area contributed by atoms with E-state index < -0.39 is 22.4 Å². The third-order valence-corrected chi connectivity index (χ3v) is 1.82. The first-order chi connectivity index (χ1) is 7.91. The maximum atomic E-state index is 13.3. The van der Waals surface area contributed by atoms with E-state index >= 15 is 0 Å². The number of hydrogen-bond acceptors (Lipinski definition) is 5. The molecule has 0 unspecified atom stereocenters. The van der Waals surface area contributed by atoms with Crippen LogP contribution in [0.2, 0.25) is 0 Å². The van der Waals surface area contributed by atoms with Crippen molar-refractivity contribution in [2.45, 2.75) is 6.92 Å². The van der Waals surface area contributed by atoms with Gasteiger partial charge in [-0.2, -0.15) is 5.10 Å². The van der Waals surface area contributed by atoms with Gasteiger partial charge in [-0.1, -0.05) is 0 Å². The SMILES string of the molecule is C/C(=N\Nc1ccc([N+](=O)[O-])cc1F)C(=O)O. The quantitative estimate of drug-likeness (QED) is 0.473. The number of rotatable bonds is 4. The summed E-state index contributed by atoms with van der Waals surface area (Å²) in [6.45, 7) is 1.22. The molecule has 90 valence electrons. The van der Waals surface area contributed by atoms with E-state index in [4.69, 9.17) is 5.11 Å². The summed E-state index contributed by atoms with van der Waals surface area (Å²) in [4.78, 5) is 20.0. The lowest BCUT2D eigenvalue weighted by Crippen LogP contribution is -2.10. The molecule has 0 spiro atoms. The van der Waals surface area contributed by atoms with E-state index in [1.54, 1.807) is 0 Å². The van der Waals surface area contributed by atoms with Gasteiger partial charge in [0, 0.05) is 6.07 Å². The summed E-state index contributed by atoms with van der Waals surface area (Å²) < 4.78 is 13.3. The maximum absolute atomic E-state index is 13.3. The number of aliphatic carboxylic acids is 1. The fourth-order valence-electron chi connectivity index (χ4n) is 0.900. The van der Waals surface area contributed by atoms with Crippen LogP contribution < -0.4 is 5.43 Å². The van der Waals surface area contributed by atoms with Gasteiger partial charge in [0.05, 0.1) is 16.7 Å². The van der Waals surface area contributed by atoms with Crippen LogP contribution in [0.3, 0.4) is 0 Å². The lowest BCUT2D eigenvalue weighted by atomic mass is 10.3. The summed E-state index contributed by atoms with van der Waals surface area (Å²) in [5, 5.41) is 22.2. The zero-order valence-corrected chi connectivity index (χ0v) is 8.68. The van der Waals surface area contributed by atoms with Crippen LogP contribution in [0.4, 0.5) is 15.8 Å². The highest BCUT2D eigenvalue weighted by Gasteiger charge is 2.10. The molecule has 1 aromatic rings. The Kier molecular flexibility index (Phi) is 3.70. The monoisotopic (exact) mass is 241 g/mol. The number of carboxylic acid groups (broad SMARTS) is 1. The molecule has 0 atom stereocenters. The summed E-state index contributed by atoms with van der Waals surface area (Å²) in [6.07, 6.45) is 0. The molecule has 0 amide bonds. The number of benzene rings is 1. The molecule has 0 heterocycles. The van der Waals surface area contributed by atoms with E-state index in [0.29, 0.717) is 6.07 Å². The number of nitrogens with zero attached hydrogens (tertiary/aromatic N) is 2. The van der Waals surface area contributed by atoms with E-state index in [1.807, 2.05) is 0 Å². The molecule has 8 heteroatoms. The molecule has 1 rings (SSSR count). The number of non-ortho nitro benzene ring substituents is 1. The number of anilines is 1. The van der Waals surface area contributed by atoms with Crippen LogP contribution >= 0.6 is 0 Å². The Morgan fingerprint density at radius 2 is 2.24 bits per heavy atom. The number of hydrazone groups is 1. The predicted molar refractivity (Wildman–Crippen MR) is 57.4 cm³/mol.